The van der Waals surface area contributed by atoms with Crippen LogP contribution in [-0.2, 0) is 20.0 Å². The van der Waals surface area contributed by atoms with Crippen molar-refractivity contribution in [1.82, 2.24) is 19.7 Å². The number of nitrogens with zero attached hydrogens (tertiary/aromatic N) is 4. The Morgan fingerprint density at radius 3 is 2.83 bits per heavy atom. The van der Waals surface area contributed by atoms with Crippen molar-refractivity contribution >= 4 is 16.7 Å². The van der Waals surface area contributed by atoms with Crippen LogP contribution in [0.15, 0.2) is 24.4 Å². The molecule has 3 aromatic rings. The Labute approximate surface area is 135 Å². The Morgan fingerprint density at radius 2 is 2.09 bits per heavy atom. The molecule has 3 rings (SSSR count). The second-order valence-electron chi connectivity index (χ2n) is 5.48. The second-order valence-corrected chi connectivity index (χ2v) is 5.48. The molecule has 120 valence electrons. The topological polar surface area (TPSA) is 64.9 Å². The number of anilines is 1. The van der Waals surface area contributed by atoms with Gasteiger partial charge in [-0.05, 0) is 31.5 Å². The van der Waals surface area contributed by atoms with Crippen LogP contribution in [0.1, 0.15) is 24.0 Å². The van der Waals surface area contributed by atoms with E-state index in [0.29, 0.717) is 6.54 Å². The number of aromatic nitrogens is 4. The molecule has 0 unspecified atom stereocenters. The number of ether oxygens (including phenoxy) is 1. The fourth-order valence-electron chi connectivity index (χ4n) is 2.69. The van der Waals surface area contributed by atoms with Gasteiger partial charge in [-0.25, -0.2) is 9.97 Å². The average molecular weight is 311 g/mol. The van der Waals surface area contributed by atoms with Gasteiger partial charge < -0.3 is 10.1 Å². The summed E-state index contributed by atoms with van der Waals surface area (Å²) in [4.78, 5) is 9.03. The first kappa shape index (κ1) is 15.3. The van der Waals surface area contributed by atoms with Gasteiger partial charge in [0, 0.05) is 30.7 Å². The Kier molecular flexibility index (Phi) is 4.14. The van der Waals surface area contributed by atoms with E-state index in [0.717, 1.165) is 40.4 Å². The molecule has 1 aromatic carbocycles. The van der Waals surface area contributed by atoms with Crippen LogP contribution >= 0.6 is 0 Å². The molecule has 2 aromatic heterocycles. The predicted molar refractivity (Wildman–Crippen MR) is 90.7 cm³/mol. The summed E-state index contributed by atoms with van der Waals surface area (Å²) in [5.74, 6) is 2.35. The van der Waals surface area contributed by atoms with Crippen LogP contribution in [0.2, 0.25) is 0 Å². The number of hydrogen-bond donors (Lipinski definition) is 1. The van der Waals surface area contributed by atoms with Gasteiger partial charge in [0.05, 0.1) is 18.3 Å². The number of benzene rings is 1. The van der Waals surface area contributed by atoms with Crippen LogP contribution in [0.3, 0.4) is 0 Å². The van der Waals surface area contributed by atoms with Crippen molar-refractivity contribution in [3.63, 3.8) is 0 Å². The quantitative estimate of drug-likeness (QED) is 0.785. The third kappa shape index (κ3) is 3.11. The summed E-state index contributed by atoms with van der Waals surface area (Å²) in [5.41, 5.74) is 3.19. The number of methoxy groups -OCH3 is 1. The van der Waals surface area contributed by atoms with E-state index in [1.165, 1.54) is 5.56 Å². The van der Waals surface area contributed by atoms with E-state index in [4.69, 9.17) is 4.74 Å². The number of fused-ring (bicyclic) bond motifs is 1. The molecule has 0 bridgehead atoms. The molecule has 0 amide bonds. The van der Waals surface area contributed by atoms with Gasteiger partial charge in [0.25, 0.3) is 0 Å². The van der Waals surface area contributed by atoms with Gasteiger partial charge in [-0.15, -0.1) is 0 Å². The van der Waals surface area contributed by atoms with Crippen LogP contribution in [0.4, 0.5) is 5.82 Å². The van der Waals surface area contributed by atoms with Crippen LogP contribution in [0, 0.1) is 6.92 Å². The van der Waals surface area contributed by atoms with E-state index >= 15 is 0 Å². The molecular weight excluding hydrogens is 290 g/mol. The maximum Gasteiger partial charge on any atom is 0.138 e. The van der Waals surface area contributed by atoms with Crippen molar-refractivity contribution in [1.29, 1.82) is 0 Å². The summed E-state index contributed by atoms with van der Waals surface area (Å²) in [5, 5.41) is 8.85. The molecule has 0 aliphatic rings. The van der Waals surface area contributed by atoms with Crippen molar-refractivity contribution in [3.05, 3.63) is 41.5 Å². The van der Waals surface area contributed by atoms with E-state index < -0.39 is 0 Å². The largest absolute Gasteiger partial charge is 0.497 e. The average Bonchev–Trinajstić information content (AvgIpc) is 2.92. The van der Waals surface area contributed by atoms with E-state index in [1.54, 1.807) is 7.11 Å². The molecule has 0 saturated heterocycles. The van der Waals surface area contributed by atoms with Crippen molar-refractivity contribution in [3.8, 4) is 5.75 Å². The SMILES string of the molecule is CCc1nn(C)cc1CNc1nc(C)nc2ccc(OC)cc12. The summed E-state index contributed by atoms with van der Waals surface area (Å²) < 4.78 is 7.16. The third-order valence-electron chi connectivity index (χ3n) is 3.79. The lowest BCUT2D eigenvalue weighted by molar-refractivity contribution is 0.415. The van der Waals surface area contributed by atoms with Crippen molar-refractivity contribution < 1.29 is 4.74 Å². The lowest BCUT2D eigenvalue weighted by atomic mass is 10.2. The number of hydrogen-bond acceptors (Lipinski definition) is 5. The van der Waals surface area contributed by atoms with E-state index in [-0.39, 0.29) is 0 Å². The third-order valence-corrected chi connectivity index (χ3v) is 3.79. The lowest BCUT2D eigenvalue weighted by Crippen LogP contribution is -2.05. The molecule has 2 heterocycles. The van der Waals surface area contributed by atoms with Crippen molar-refractivity contribution in [2.45, 2.75) is 26.8 Å². The highest BCUT2D eigenvalue weighted by Gasteiger charge is 2.10. The summed E-state index contributed by atoms with van der Waals surface area (Å²) in [7, 11) is 3.60. The van der Waals surface area contributed by atoms with Gasteiger partial charge in [-0.2, -0.15) is 5.10 Å². The number of nitrogens with one attached hydrogen (secondary N) is 1. The Bertz CT molecular complexity index is 840. The van der Waals surface area contributed by atoms with Gasteiger partial charge in [0.15, 0.2) is 0 Å². The summed E-state index contributed by atoms with van der Waals surface area (Å²) in [6.45, 7) is 4.69. The number of aryl methyl sites for hydroxylation is 3. The zero-order valence-corrected chi connectivity index (χ0v) is 13.9. The smallest absolute Gasteiger partial charge is 0.138 e. The minimum atomic E-state index is 0.680. The molecule has 0 spiro atoms. The molecule has 23 heavy (non-hydrogen) atoms. The molecule has 0 aliphatic carbocycles. The molecule has 0 fully saturated rings. The Morgan fingerprint density at radius 1 is 1.26 bits per heavy atom. The maximum absolute atomic E-state index is 5.31. The van der Waals surface area contributed by atoms with E-state index in [9.17, 15) is 0 Å². The summed E-state index contributed by atoms with van der Waals surface area (Å²) >= 11 is 0. The molecule has 6 heteroatoms. The molecule has 6 nitrogen and oxygen atoms in total. The molecule has 1 N–H and O–H groups in total. The highest BCUT2D eigenvalue weighted by atomic mass is 16.5. The zero-order chi connectivity index (χ0) is 16.4. The highest BCUT2D eigenvalue weighted by molar-refractivity contribution is 5.90. The van der Waals surface area contributed by atoms with Crippen molar-refractivity contribution in [2.24, 2.45) is 7.05 Å². The van der Waals surface area contributed by atoms with Gasteiger partial charge in [-0.3, -0.25) is 4.68 Å². The van der Waals surface area contributed by atoms with E-state index in [1.807, 2.05) is 43.0 Å². The minimum Gasteiger partial charge on any atom is -0.497 e. The molecule has 0 saturated carbocycles. The second kappa shape index (κ2) is 6.24. The minimum absolute atomic E-state index is 0.680. The maximum atomic E-state index is 5.31. The van der Waals surface area contributed by atoms with Crippen LogP contribution in [0.5, 0.6) is 5.75 Å². The summed E-state index contributed by atoms with van der Waals surface area (Å²) in [6.07, 6.45) is 2.96. The van der Waals surface area contributed by atoms with Crippen molar-refractivity contribution in [2.75, 3.05) is 12.4 Å². The fraction of sp³-hybridized carbons (Fsp3) is 0.353. The standard InChI is InChI=1S/C17H21N5O/c1-5-15-12(10-22(3)21-15)9-18-17-14-8-13(23-4)6-7-16(14)19-11(2)20-17/h6-8,10H,5,9H2,1-4H3,(H,18,19,20). The van der Waals surface area contributed by atoms with Crippen LogP contribution in [-0.4, -0.2) is 26.9 Å². The Balaban J connectivity index is 1.95. The summed E-state index contributed by atoms with van der Waals surface area (Å²) in [6, 6.07) is 5.82. The van der Waals surface area contributed by atoms with Crippen LogP contribution < -0.4 is 10.1 Å². The first-order valence-corrected chi connectivity index (χ1v) is 7.68. The predicted octanol–water partition coefficient (Wildman–Crippen LogP) is 2.85. The normalized spacial score (nSPS) is 11.0. The molecule has 0 atom stereocenters. The van der Waals surface area contributed by atoms with Gasteiger partial charge in [0.1, 0.15) is 17.4 Å². The number of rotatable bonds is 5. The van der Waals surface area contributed by atoms with Gasteiger partial charge in [0.2, 0.25) is 0 Å². The first-order chi connectivity index (χ1) is 11.1. The molecule has 0 aliphatic heterocycles. The molecular formula is C17H21N5O. The van der Waals surface area contributed by atoms with Crippen LogP contribution in [0.25, 0.3) is 10.9 Å². The highest BCUT2D eigenvalue weighted by Crippen LogP contribution is 2.25. The lowest BCUT2D eigenvalue weighted by Gasteiger charge is -2.10. The fourth-order valence-corrected chi connectivity index (χ4v) is 2.69. The molecule has 0 radical (unpaired) electrons. The van der Waals surface area contributed by atoms with Gasteiger partial charge in [-0.1, -0.05) is 6.92 Å². The zero-order valence-electron chi connectivity index (χ0n) is 13.9. The van der Waals surface area contributed by atoms with Gasteiger partial charge >= 0.3 is 0 Å². The Hall–Kier alpha value is -2.63. The monoisotopic (exact) mass is 311 g/mol. The van der Waals surface area contributed by atoms with E-state index in [2.05, 4.69) is 27.3 Å². The first-order valence-electron chi connectivity index (χ1n) is 7.68.